The number of aryl methyl sites for hydroxylation is 2. The van der Waals surface area contributed by atoms with E-state index in [1.807, 2.05) is 13.8 Å². The molecule has 2 rings (SSSR count). The monoisotopic (exact) mass is 336 g/mol. The highest BCUT2D eigenvalue weighted by atomic mass is 16.3. The molecule has 1 fully saturated rings. The minimum Gasteiger partial charge on any atom is -0.396 e. The first kappa shape index (κ1) is 20.5. The van der Waals surface area contributed by atoms with Crippen LogP contribution in [0.5, 0.6) is 0 Å². The first-order chi connectivity index (χ1) is 11.2. The molecule has 0 aliphatic heterocycles. The van der Waals surface area contributed by atoms with E-state index in [1.54, 1.807) is 6.92 Å². The van der Waals surface area contributed by atoms with Crippen LogP contribution in [0.4, 0.5) is 0 Å². The Kier molecular flexibility index (Phi) is 7.73. The van der Waals surface area contributed by atoms with E-state index in [4.69, 9.17) is 15.3 Å². The van der Waals surface area contributed by atoms with E-state index < -0.39 is 5.41 Å². The minimum absolute atomic E-state index is 0.0837. The van der Waals surface area contributed by atoms with E-state index in [1.165, 1.54) is 11.1 Å². The fraction of sp³-hybridized carbons (Fsp3) is 0.579. The van der Waals surface area contributed by atoms with Crippen molar-refractivity contribution < 1.29 is 24.9 Å². The van der Waals surface area contributed by atoms with Crippen LogP contribution in [-0.2, 0) is 9.59 Å². The Morgan fingerprint density at radius 2 is 1.33 bits per heavy atom. The lowest BCUT2D eigenvalue weighted by Crippen LogP contribution is -2.29. The number of hydrogen-bond donors (Lipinski definition) is 3. The molecule has 1 aliphatic rings. The summed E-state index contributed by atoms with van der Waals surface area (Å²) >= 11 is 0. The summed E-state index contributed by atoms with van der Waals surface area (Å²) in [5.41, 5.74) is 2.82. The van der Waals surface area contributed by atoms with Crippen LogP contribution in [0.15, 0.2) is 18.2 Å². The Balaban J connectivity index is 0.000000307. The quantitative estimate of drug-likeness (QED) is 0.727. The van der Waals surface area contributed by atoms with Gasteiger partial charge in [-0.25, -0.2) is 0 Å². The number of aliphatic hydroxyl groups excluding tert-OH is 3. The van der Waals surface area contributed by atoms with Crippen molar-refractivity contribution in [3.8, 4) is 0 Å². The number of rotatable bonds is 4. The smallest absolute Gasteiger partial charge is 0.140 e. The summed E-state index contributed by atoms with van der Waals surface area (Å²) in [6, 6.07) is 6.28. The Labute approximate surface area is 143 Å². The van der Waals surface area contributed by atoms with Gasteiger partial charge in [0.1, 0.15) is 11.6 Å². The fourth-order valence-electron chi connectivity index (χ4n) is 2.62. The summed E-state index contributed by atoms with van der Waals surface area (Å²) in [4.78, 5) is 22.8. The van der Waals surface area contributed by atoms with Crippen LogP contribution in [0.2, 0.25) is 0 Å². The van der Waals surface area contributed by atoms with Crippen molar-refractivity contribution in [1.82, 2.24) is 0 Å². The molecule has 0 amide bonds. The van der Waals surface area contributed by atoms with Crippen LogP contribution in [0.1, 0.15) is 48.8 Å². The number of carbonyl (C=O) groups is 2. The van der Waals surface area contributed by atoms with Gasteiger partial charge in [-0.05, 0) is 25.3 Å². The van der Waals surface area contributed by atoms with Crippen LogP contribution in [-0.4, -0.2) is 46.7 Å². The zero-order valence-corrected chi connectivity index (χ0v) is 14.7. The first-order valence-corrected chi connectivity index (χ1v) is 8.17. The summed E-state index contributed by atoms with van der Waals surface area (Å²) in [5.74, 6) is 0.271. The van der Waals surface area contributed by atoms with Gasteiger partial charge in [-0.1, -0.05) is 36.2 Å². The number of benzene rings is 1. The molecule has 134 valence electrons. The summed E-state index contributed by atoms with van der Waals surface area (Å²) in [6.45, 7) is 5.15. The standard InChI is InChI=1S/C14H16O2.C5H12O3/c1-9-3-10(2)5-11(4-9)12-6-13(15)8-14(16)7-12;1-5(2-6,3-7)4-8/h3-5,12H,6-8H2,1-2H3;6-8H,2-4H2,1H3. The second-order valence-corrected chi connectivity index (χ2v) is 7.07. The number of ketones is 2. The van der Waals surface area contributed by atoms with E-state index in [9.17, 15) is 9.59 Å². The van der Waals surface area contributed by atoms with Gasteiger partial charge in [-0.3, -0.25) is 9.59 Å². The van der Waals surface area contributed by atoms with Gasteiger partial charge in [-0.2, -0.15) is 0 Å². The topological polar surface area (TPSA) is 94.8 Å². The molecule has 1 saturated carbocycles. The number of aliphatic hydroxyl groups is 3. The predicted molar refractivity (Wildman–Crippen MR) is 91.9 cm³/mol. The zero-order chi connectivity index (χ0) is 18.3. The van der Waals surface area contributed by atoms with Gasteiger partial charge >= 0.3 is 0 Å². The van der Waals surface area contributed by atoms with Crippen molar-refractivity contribution in [2.75, 3.05) is 19.8 Å². The van der Waals surface area contributed by atoms with Gasteiger partial charge in [-0.15, -0.1) is 0 Å². The van der Waals surface area contributed by atoms with Gasteiger partial charge < -0.3 is 15.3 Å². The van der Waals surface area contributed by atoms with Gasteiger partial charge in [0.25, 0.3) is 0 Å². The van der Waals surface area contributed by atoms with Crippen molar-refractivity contribution in [2.24, 2.45) is 5.41 Å². The largest absolute Gasteiger partial charge is 0.396 e. The molecule has 0 heterocycles. The molecule has 5 nitrogen and oxygen atoms in total. The Bertz CT molecular complexity index is 531. The van der Waals surface area contributed by atoms with E-state index in [2.05, 4.69) is 18.2 Å². The van der Waals surface area contributed by atoms with Crippen molar-refractivity contribution >= 4 is 11.6 Å². The second kappa shape index (κ2) is 9.06. The summed E-state index contributed by atoms with van der Waals surface area (Å²) in [5, 5.41) is 25.4. The van der Waals surface area contributed by atoms with E-state index >= 15 is 0 Å². The lowest BCUT2D eigenvalue weighted by atomic mass is 9.82. The molecular formula is C19H28O5. The van der Waals surface area contributed by atoms with E-state index in [0.29, 0.717) is 12.8 Å². The molecule has 1 aliphatic carbocycles. The molecule has 1 aromatic rings. The molecule has 1 aromatic carbocycles. The Morgan fingerprint density at radius 3 is 1.67 bits per heavy atom. The third kappa shape index (κ3) is 6.15. The van der Waals surface area contributed by atoms with E-state index in [0.717, 1.165) is 5.56 Å². The molecule has 0 radical (unpaired) electrons. The number of hydrogen-bond acceptors (Lipinski definition) is 5. The van der Waals surface area contributed by atoms with Crippen molar-refractivity contribution in [1.29, 1.82) is 0 Å². The molecular weight excluding hydrogens is 308 g/mol. The van der Waals surface area contributed by atoms with Crippen molar-refractivity contribution in [3.05, 3.63) is 34.9 Å². The molecule has 5 heteroatoms. The summed E-state index contributed by atoms with van der Waals surface area (Å²) in [6.07, 6.45) is 1.19. The van der Waals surface area contributed by atoms with Crippen LogP contribution >= 0.6 is 0 Å². The maximum atomic E-state index is 11.4. The van der Waals surface area contributed by atoms with E-state index in [-0.39, 0.29) is 43.7 Å². The molecule has 24 heavy (non-hydrogen) atoms. The molecule has 0 bridgehead atoms. The average Bonchev–Trinajstić information content (AvgIpc) is 2.53. The maximum absolute atomic E-state index is 11.4. The number of Topliss-reactive ketones (excluding diaryl/α,β-unsaturated/α-hetero) is 2. The number of carbonyl (C=O) groups excluding carboxylic acids is 2. The van der Waals surface area contributed by atoms with Crippen molar-refractivity contribution in [3.63, 3.8) is 0 Å². The molecule has 0 saturated heterocycles. The third-order valence-electron chi connectivity index (χ3n) is 4.20. The fourth-order valence-corrected chi connectivity index (χ4v) is 2.62. The first-order valence-electron chi connectivity index (χ1n) is 8.17. The van der Waals surface area contributed by atoms with Gasteiger partial charge in [0.15, 0.2) is 0 Å². The van der Waals surface area contributed by atoms with Crippen molar-refractivity contribution in [2.45, 2.75) is 46.0 Å². The maximum Gasteiger partial charge on any atom is 0.140 e. The van der Waals surface area contributed by atoms with Gasteiger partial charge in [0.2, 0.25) is 0 Å². The van der Waals surface area contributed by atoms with Crippen LogP contribution < -0.4 is 0 Å². The molecule has 0 aromatic heterocycles. The van der Waals surface area contributed by atoms with Crippen LogP contribution in [0.25, 0.3) is 0 Å². The molecule has 0 spiro atoms. The van der Waals surface area contributed by atoms with Crippen LogP contribution in [0.3, 0.4) is 0 Å². The third-order valence-corrected chi connectivity index (χ3v) is 4.20. The zero-order valence-electron chi connectivity index (χ0n) is 14.7. The normalized spacial score (nSPS) is 15.9. The lowest BCUT2D eigenvalue weighted by Gasteiger charge is -2.21. The summed E-state index contributed by atoms with van der Waals surface area (Å²) in [7, 11) is 0. The highest BCUT2D eigenvalue weighted by Crippen LogP contribution is 2.30. The molecule has 0 atom stereocenters. The lowest BCUT2D eigenvalue weighted by molar-refractivity contribution is -0.130. The Morgan fingerprint density at radius 1 is 0.917 bits per heavy atom. The average molecular weight is 336 g/mol. The Hall–Kier alpha value is -1.56. The van der Waals surface area contributed by atoms with Gasteiger partial charge in [0, 0.05) is 18.3 Å². The minimum atomic E-state index is -0.708. The highest BCUT2D eigenvalue weighted by molar-refractivity contribution is 6.02. The summed E-state index contributed by atoms with van der Waals surface area (Å²) < 4.78 is 0. The molecule has 0 unspecified atom stereocenters. The highest BCUT2D eigenvalue weighted by Gasteiger charge is 2.26. The SMILES string of the molecule is CC(CO)(CO)CO.Cc1cc(C)cc(C2CC(=O)CC(=O)C2)c1. The van der Waals surface area contributed by atoms with Gasteiger partial charge in [0.05, 0.1) is 26.2 Å². The molecule has 3 N–H and O–H groups in total. The second-order valence-electron chi connectivity index (χ2n) is 7.07. The van der Waals surface area contributed by atoms with Crippen LogP contribution in [0, 0.1) is 19.3 Å². The predicted octanol–water partition coefficient (Wildman–Crippen LogP) is 1.68.